The van der Waals surface area contributed by atoms with Crippen LogP contribution in [0.1, 0.15) is 0 Å². The van der Waals surface area contributed by atoms with Crippen LogP contribution in [0.25, 0.3) is 55.6 Å². The maximum atomic E-state index is 6.30. The minimum absolute atomic E-state index is 0.683. The van der Waals surface area contributed by atoms with Gasteiger partial charge in [0, 0.05) is 22.6 Å². The smallest absolute Gasteiger partial charge is 0.227 e. The van der Waals surface area contributed by atoms with Crippen LogP contribution in [0.4, 0.5) is 17.1 Å². The highest BCUT2D eigenvalue weighted by atomic mass is 28.3. The van der Waals surface area contributed by atoms with Crippen LogP contribution >= 0.6 is 0 Å². The number of nitrogens with zero attached hydrogens (tertiary/aromatic N) is 2. The molecule has 0 fully saturated rings. The van der Waals surface area contributed by atoms with Gasteiger partial charge in [0.1, 0.15) is 13.6 Å². The zero-order chi connectivity index (χ0) is 31.5. The Bertz CT molecular complexity index is 2410. The third-order valence-corrected chi connectivity index (χ3v) is 13.2. The van der Waals surface area contributed by atoms with Crippen LogP contribution in [-0.2, 0) is 0 Å². The first-order valence-electron chi connectivity index (χ1n) is 16.1. The van der Waals surface area contributed by atoms with E-state index in [2.05, 4.69) is 151 Å². The van der Waals surface area contributed by atoms with Gasteiger partial charge in [-0.2, -0.15) is 0 Å². The fourth-order valence-electron chi connectivity index (χ4n) is 7.28. The summed E-state index contributed by atoms with van der Waals surface area (Å²) < 4.78 is 6.30. The van der Waals surface area contributed by atoms with Gasteiger partial charge in [-0.1, -0.05) is 110 Å². The Hall–Kier alpha value is -5.71. The summed E-state index contributed by atoms with van der Waals surface area (Å²) in [6.07, 6.45) is 0. The molecule has 9 rings (SSSR count). The van der Waals surface area contributed by atoms with Crippen molar-refractivity contribution in [3.63, 3.8) is 0 Å². The quantitative estimate of drug-likeness (QED) is 0.179. The third-order valence-electron chi connectivity index (χ3n) is 9.69. The second kappa shape index (κ2) is 10.7. The molecule has 0 amide bonds. The number of hydrogen-bond donors (Lipinski definition) is 0. The van der Waals surface area contributed by atoms with Gasteiger partial charge < -0.3 is 9.32 Å². The maximum Gasteiger partial charge on any atom is 0.227 e. The Morgan fingerprint density at radius 2 is 1.21 bits per heavy atom. The van der Waals surface area contributed by atoms with Crippen LogP contribution in [0.3, 0.4) is 0 Å². The summed E-state index contributed by atoms with van der Waals surface area (Å²) in [6.45, 7) is 4.92. The fourth-order valence-corrected chi connectivity index (χ4v) is 10.4. The van der Waals surface area contributed by atoms with Gasteiger partial charge in [-0.3, -0.25) is 0 Å². The fraction of sp³-hybridized carbons (Fsp3) is 0.0465. The molecular formula is C43H32N2OSi. The highest BCUT2D eigenvalue weighted by molar-refractivity contribution is 7.04. The van der Waals surface area contributed by atoms with E-state index in [1.807, 2.05) is 24.3 Å². The second-order valence-electron chi connectivity index (χ2n) is 12.8. The maximum absolute atomic E-state index is 6.30. The van der Waals surface area contributed by atoms with Crippen LogP contribution in [0, 0.1) is 0 Å². The van der Waals surface area contributed by atoms with E-state index in [1.165, 1.54) is 43.4 Å². The van der Waals surface area contributed by atoms with E-state index in [4.69, 9.17) is 9.40 Å². The van der Waals surface area contributed by atoms with Gasteiger partial charge in [0.25, 0.3) is 0 Å². The number of rotatable bonds is 5. The molecule has 0 aliphatic carbocycles. The molecule has 0 N–H and O–H groups in total. The first-order valence-corrected chi connectivity index (χ1v) is 19.1. The van der Waals surface area contributed by atoms with E-state index >= 15 is 0 Å². The number of benzene rings is 7. The number of aromatic nitrogens is 1. The highest BCUT2D eigenvalue weighted by Gasteiger charge is 2.40. The Morgan fingerprint density at radius 3 is 2.04 bits per heavy atom. The summed E-state index contributed by atoms with van der Waals surface area (Å²) in [6, 6.07) is 56.5. The third kappa shape index (κ3) is 4.52. The van der Waals surface area contributed by atoms with Crippen molar-refractivity contribution >= 4 is 57.4 Å². The number of oxazole rings is 1. The molecule has 224 valence electrons. The summed E-state index contributed by atoms with van der Waals surface area (Å²) in [4.78, 5) is 7.27. The molecule has 1 aliphatic rings. The zero-order valence-corrected chi connectivity index (χ0v) is 27.3. The molecule has 4 heteroatoms. The van der Waals surface area contributed by atoms with Crippen LogP contribution < -0.4 is 15.3 Å². The Morgan fingerprint density at radius 1 is 0.511 bits per heavy atom. The monoisotopic (exact) mass is 620 g/mol. The lowest BCUT2D eigenvalue weighted by Crippen LogP contribution is -2.49. The predicted octanol–water partition coefficient (Wildman–Crippen LogP) is 10.6. The molecule has 47 heavy (non-hydrogen) atoms. The average Bonchev–Trinajstić information content (AvgIpc) is 3.65. The van der Waals surface area contributed by atoms with Crippen LogP contribution in [0.15, 0.2) is 162 Å². The summed E-state index contributed by atoms with van der Waals surface area (Å²) >= 11 is 0. The van der Waals surface area contributed by atoms with Gasteiger partial charge >= 0.3 is 0 Å². The van der Waals surface area contributed by atoms with Crippen LogP contribution in [-0.4, -0.2) is 13.1 Å². The van der Waals surface area contributed by atoms with Crippen molar-refractivity contribution in [3.8, 4) is 33.7 Å². The Kier molecular flexibility index (Phi) is 6.27. The molecule has 1 aliphatic heterocycles. The molecule has 0 saturated carbocycles. The van der Waals surface area contributed by atoms with Crippen molar-refractivity contribution in [3.05, 3.63) is 158 Å². The van der Waals surface area contributed by atoms with E-state index in [9.17, 15) is 0 Å². The van der Waals surface area contributed by atoms with Gasteiger partial charge in [-0.25, -0.2) is 4.98 Å². The summed E-state index contributed by atoms with van der Waals surface area (Å²) in [5, 5.41) is 5.37. The largest absolute Gasteiger partial charge is 0.436 e. The zero-order valence-electron chi connectivity index (χ0n) is 26.3. The summed E-state index contributed by atoms with van der Waals surface area (Å²) in [5.74, 6) is 0.683. The van der Waals surface area contributed by atoms with Gasteiger partial charge in [0.05, 0.1) is 0 Å². The standard InChI is InChI=1S/C43H32N2OSi/c1-47(2)40-18-10-15-37(43-44-38-16-8-9-17-39(38)46-43)42(40)36-26-25-35(28-41(36)47)45(33-13-4-3-5-14-33)34-23-21-30(22-24-34)32-20-19-29-11-6-7-12-31(29)27-32/h3-28H,1-2H3. The van der Waals surface area contributed by atoms with E-state index in [0.717, 1.165) is 33.7 Å². The van der Waals surface area contributed by atoms with Gasteiger partial charge in [0.2, 0.25) is 5.89 Å². The SMILES string of the molecule is C[Si]1(C)c2cc(N(c3ccccc3)c3ccc(-c4ccc5ccccc5c4)cc3)ccc2-c2c(-c3nc4ccccc4o3)cccc21. The Balaban J connectivity index is 1.15. The number of para-hydroxylation sites is 3. The van der Waals surface area contributed by atoms with Gasteiger partial charge in [-0.05, 0) is 104 Å². The van der Waals surface area contributed by atoms with E-state index in [-0.39, 0.29) is 0 Å². The second-order valence-corrected chi connectivity index (χ2v) is 17.2. The van der Waals surface area contributed by atoms with Crippen LogP contribution in [0.5, 0.6) is 0 Å². The topological polar surface area (TPSA) is 29.3 Å². The first-order chi connectivity index (χ1) is 23.0. The number of hydrogen-bond acceptors (Lipinski definition) is 3. The van der Waals surface area contributed by atoms with Gasteiger partial charge in [-0.15, -0.1) is 0 Å². The number of fused-ring (bicyclic) bond motifs is 5. The predicted molar refractivity (Wildman–Crippen MR) is 199 cm³/mol. The lowest BCUT2D eigenvalue weighted by molar-refractivity contribution is 0.620. The van der Waals surface area contributed by atoms with E-state index in [0.29, 0.717) is 5.89 Å². The van der Waals surface area contributed by atoms with E-state index in [1.54, 1.807) is 0 Å². The molecule has 0 spiro atoms. The van der Waals surface area contributed by atoms with E-state index < -0.39 is 8.07 Å². The number of anilines is 3. The average molecular weight is 621 g/mol. The van der Waals surface area contributed by atoms with Crippen molar-refractivity contribution in [1.82, 2.24) is 4.98 Å². The normalized spacial score (nSPS) is 13.1. The lowest BCUT2D eigenvalue weighted by atomic mass is 9.99. The minimum atomic E-state index is -2.04. The highest BCUT2D eigenvalue weighted by Crippen LogP contribution is 2.41. The molecular weight excluding hydrogens is 589 g/mol. The summed E-state index contributed by atoms with van der Waals surface area (Å²) in [5.41, 5.74) is 11.2. The molecule has 0 unspecified atom stereocenters. The molecule has 8 aromatic rings. The summed E-state index contributed by atoms with van der Waals surface area (Å²) in [7, 11) is -2.04. The van der Waals surface area contributed by atoms with Crippen molar-refractivity contribution < 1.29 is 4.42 Å². The van der Waals surface area contributed by atoms with Crippen molar-refractivity contribution in [2.24, 2.45) is 0 Å². The van der Waals surface area contributed by atoms with Crippen LogP contribution in [0.2, 0.25) is 13.1 Å². The van der Waals surface area contributed by atoms with Crippen molar-refractivity contribution in [1.29, 1.82) is 0 Å². The molecule has 0 radical (unpaired) electrons. The molecule has 1 aromatic heterocycles. The van der Waals surface area contributed by atoms with Crippen molar-refractivity contribution in [2.75, 3.05) is 4.90 Å². The molecule has 3 nitrogen and oxygen atoms in total. The molecule has 0 saturated heterocycles. The van der Waals surface area contributed by atoms with Crippen molar-refractivity contribution in [2.45, 2.75) is 13.1 Å². The first kappa shape index (κ1) is 27.6. The molecule has 0 atom stereocenters. The Labute approximate surface area is 275 Å². The molecule has 0 bridgehead atoms. The minimum Gasteiger partial charge on any atom is -0.436 e. The molecule has 2 heterocycles. The molecule has 7 aromatic carbocycles. The lowest BCUT2D eigenvalue weighted by Gasteiger charge is -2.27. The van der Waals surface area contributed by atoms with Gasteiger partial charge in [0.15, 0.2) is 5.58 Å².